The van der Waals surface area contributed by atoms with Gasteiger partial charge in [-0.05, 0) is 37.1 Å². The highest BCUT2D eigenvalue weighted by atomic mass is 16.2. The molecule has 2 aromatic carbocycles. The van der Waals surface area contributed by atoms with Gasteiger partial charge in [0.25, 0.3) is 5.91 Å². The van der Waals surface area contributed by atoms with Crippen LogP contribution in [-0.2, 0) is 9.59 Å². The van der Waals surface area contributed by atoms with E-state index in [1.54, 1.807) is 4.68 Å². The predicted octanol–water partition coefficient (Wildman–Crippen LogP) is 3.69. The Hall–Kier alpha value is -3.41. The zero-order chi connectivity index (χ0) is 19.0. The molecular weight excluding hydrogens is 340 g/mol. The summed E-state index contributed by atoms with van der Waals surface area (Å²) in [4.78, 5) is 24.9. The maximum Gasteiger partial charge on any atom is 0.251 e. The molecule has 0 spiro atoms. The van der Waals surface area contributed by atoms with Gasteiger partial charge in [-0.25, -0.2) is 4.68 Å². The molecule has 0 bridgehead atoms. The molecule has 6 nitrogen and oxygen atoms in total. The molecule has 1 atom stereocenters. The Bertz CT molecular complexity index is 1020. The number of hydrogen-bond acceptors (Lipinski definition) is 3. The number of nitrogens with zero attached hydrogens (tertiary/aromatic N) is 2. The molecule has 2 amide bonds. The van der Waals surface area contributed by atoms with Crippen molar-refractivity contribution in [1.29, 1.82) is 0 Å². The minimum atomic E-state index is -0.652. The van der Waals surface area contributed by atoms with Crippen LogP contribution in [0.4, 0.5) is 11.5 Å². The van der Waals surface area contributed by atoms with Crippen LogP contribution in [0.5, 0.6) is 0 Å². The van der Waals surface area contributed by atoms with Crippen molar-refractivity contribution in [3.8, 4) is 11.1 Å². The molecule has 1 aromatic heterocycles. The fourth-order valence-corrected chi connectivity index (χ4v) is 3.44. The van der Waals surface area contributed by atoms with Crippen molar-refractivity contribution in [1.82, 2.24) is 9.78 Å². The number of fused-ring (bicyclic) bond motifs is 1. The number of benzene rings is 2. The van der Waals surface area contributed by atoms with Crippen molar-refractivity contribution in [3.63, 3.8) is 0 Å². The number of aromatic nitrogens is 2. The van der Waals surface area contributed by atoms with Crippen molar-refractivity contribution < 1.29 is 9.59 Å². The number of nitrogens with one attached hydrogen (secondary N) is 2. The lowest BCUT2D eigenvalue weighted by Crippen LogP contribution is -2.23. The molecule has 1 aliphatic rings. The molecule has 27 heavy (non-hydrogen) atoms. The molecular formula is C21H20N4O2. The SMILES string of the molecule is Cc1cccc(NC(=O)CC2C(=O)Nc3c(-c4ccccc4)c(C)nn32)c1. The predicted molar refractivity (Wildman–Crippen MR) is 104 cm³/mol. The number of aryl methyl sites for hydroxylation is 2. The van der Waals surface area contributed by atoms with Crippen LogP contribution >= 0.6 is 0 Å². The Labute approximate surface area is 157 Å². The number of rotatable bonds is 4. The molecule has 6 heteroatoms. The third kappa shape index (κ3) is 3.21. The summed E-state index contributed by atoms with van der Waals surface area (Å²) in [5.74, 6) is 0.217. The van der Waals surface area contributed by atoms with E-state index >= 15 is 0 Å². The van der Waals surface area contributed by atoms with E-state index in [0.717, 1.165) is 28.1 Å². The van der Waals surface area contributed by atoms with Crippen LogP contribution in [0.2, 0.25) is 0 Å². The Morgan fingerprint density at radius 1 is 1.15 bits per heavy atom. The molecule has 136 valence electrons. The summed E-state index contributed by atoms with van der Waals surface area (Å²) in [5.41, 5.74) is 4.48. The van der Waals surface area contributed by atoms with Crippen molar-refractivity contribution in [2.45, 2.75) is 26.3 Å². The number of carbonyl (C=O) groups excluding carboxylic acids is 2. The van der Waals surface area contributed by atoms with E-state index in [4.69, 9.17) is 0 Å². The summed E-state index contributed by atoms with van der Waals surface area (Å²) >= 11 is 0. The lowest BCUT2D eigenvalue weighted by Gasteiger charge is -2.10. The molecule has 0 saturated carbocycles. The lowest BCUT2D eigenvalue weighted by molar-refractivity contribution is -0.123. The molecule has 4 rings (SSSR count). The van der Waals surface area contributed by atoms with E-state index in [1.165, 1.54) is 0 Å². The first-order chi connectivity index (χ1) is 13.0. The first-order valence-electron chi connectivity index (χ1n) is 8.85. The van der Waals surface area contributed by atoms with Gasteiger partial charge in [-0.15, -0.1) is 0 Å². The van der Waals surface area contributed by atoms with Crippen molar-refractivity contribution in [2.24, 2.45) is 0 Å². The average Bonchev–Trinajstić information content (AvgIpc) is 3.10. The summed E-state index contributed by atoms with van der Waals surface area (Å²) in [5, 5.41) is 10.3. The van der Waals surface area contributed by atoms with Gasteiger partial charge in [0, 0.05) is 11.3 Å². The monoisotopic (exact) mass is 360 g/mol. The lowest BCUT2D eigenvalue weighted by atomic mass is 10.1. The Morgan fingerprint density at radius 3 is 2.67 bits per heavy atom. The first-order valence-corrected chi connectivity index (χ1v) is 8.85. The van der Waals surface area contributed by atoms with Gasteiger partial charge in [0.15, 0.2) is 0 Å². The fourth-order valence-electron chi connectivity index (χ4n) is 3.44. The van der Waals surface area contributed by atoms with E-state index < -0.39 is 6.04 Å². The normalized spacial score (nSPS) is 15.3. The average molecular weight is 360 g/mol. The summed E-state index contributed by atoms with van der Waals surface area (Å²) in [7, 11) is 0. The van der Waals surface area contributed by atoms with E-state index in [0.29, 0.717) is 5.82 Å². The van der Waals surface area contributed by atoms with Gasteiger partial charge in [0.2, 0.25) is 5.91 Å². The highest BCUT2D eigenvalue weighted by molar-refractivity contribution is 6.04. The Kier molecular flexibility index (Phi) is 4.24. The van der Waals surface area contributed by atoms with Gasteiger partial charge < -0.3 is 10.6 Å². The van der Waals surface area contributed by atoms with Gasteiger partial charge in [0.1, 0.15) is 11.9 Å². The molecule has 0 aliphatic carbocycles. The Balaban J connectivity index is 1.58. The minimum absolute atomic E-state index is 0.0299. The second-order valence-corrected chi connectivity index (χ2v) is 6.75. The van der Waals surface area contributed by atoms with Gasteiger partial charge in [-0.3, -0.25) is 9.59 Å². The van der Waals surface area contributed by atoms with Crippen molar-refractivity contribution in [2.75, 3.05) is 10.6 Å². The quantitative estimate of drug-likeness (QED) is 0.745. The highest BCUT2D eigenvalue weighted by Crippen LogP contribution is 2.38. The molecule has 2 heterocycles. The summed E-state index contributed by atoms with van der Waals surface area (Å²) in [6.45, 7) is 3.87. The summed E-state index contributed by atoms with van der Waals surface area (Å²) < 4.78 is 1.63. The van der Waals surface area contributed by atoms with Crippen LogP contribution < -0.4 is 10.6 Å². The smallest absolute Gasteiger partial charge is 0.251 e. The first kappa shape index (κ1) is 17.0. The van der Waals surface area contributed by atoms with Crippen LogP contribution in [0.3, 0.4) is 0 Å². The molecule has 3 aromatic rings. The Morgan fingerprint density at radius 2 is 1.93 bits per heavy atom. The minimum Gasteiger partial charge on any atom is -0.326 e. The van der Waals surface area contributed by atoms with Crippen molar-refractivity contribution >= 4 is 23.3 Å². The number of hydrogen-bond donors (Lipinski definition) is 2. The molecule has 0 radical (unpaired) electrons. The van der Waals surface area contributed by atoms with E-state index in [9.17, 15) is 9.59 Å². The molecule has 1 aliphatic heterocycles. The molecule has 0 fully saturated rings. The number of anilines is 2. The largest absolute Gasteiger partial charge is 0.326 e. The fraction of sp³-hybridized carbons (Fsp3) is 0.190. The third-order valence-corrected chi connectivity index (χ3v) is 4.67. The van der Waals surface area contributed by atoms with Crippen LogP contribution in [-0.4, -0.2) is 21.6 Å². The second-order valence-electron chi connectivity index (χ2n) is 6.75. The molecule has 2 N–H and O–H groups in total. The van der Waals surface area contributed by atoms with Gasteiger partial charge in [-0.1, -0.05) is 42.5 Å². The number of amides is 2. The van der Waals surface area contributed by atoms with E-state index in [-0.39, 0.29) is 18.2 Å². The maximum atomic E-state index is 12.5. The highest BCUT2D eigenvalue weighted by Gasteiger charge is 2.36. The van der Waals surface area contributed by atoms with E-state index in [2.05, 4.69) is 15.7 Å². The van der Waals surface area contributed by atoms with Gasteiger partial charge >= 0.3 is 0 Å². The second kappa shape index (κ2) is 6.72. The van der Waals surface area contributed by atoms with Gasteiger partial charge in [-0.2, -0.15) is 5.10 Å². The summed E-state index contributed by atoms with van der Waals surface area (Å²) in [6, 6.07) is 16.7. The zero-order valence-electron chi connectivity index (χ0n) is 15.2. The summed E-state index contributed by atoms with van der Waals surface area (Å²) in [6.07, 6.45) is 0.0299. The van der Waals surface area contributed by atoms with Crippen LogP contribution in [0.25, 0.3) is 11.1 Å². The van der Waals surface area contributed by atoms with Crippen LogP contribution in [0.1, 0.15) is 23.7 Å². The topological polar surface area (TPSA) is 76.0 Å². The van der Waals surface area contributed by atoms with Gasteiger partial charge in [0.05, 0.1) is 12.1 Å². The molecule has 0 saturated heterocycles. The number of carbonyl (C=O) groups is 2. The van der Waals surface area contributed by atoms with Crippen LogP contribution in [0.15, 0.2) is 54.6 Å². The van der Waals surface area contributed by atoms with E-state index in [1.807, 2.05) is 68.4 Å². The van der Waals surface area contributed by atoms with Crippen molar-refractivity contribution in [3.05, 3.63) is 65.9 Å². The third-order valence-electron chi connectivity index (χ3n) is 4.67. The van der Waals surface area contributed by atoms with Crippen LogP contribution in [0, 0.1) is 13.8 Å². The maximum absolute atomic E-state index is 12.5. The molecule has 1 unspecified atom stereocenters. The zero-order valence-corrected chi connectivity index (χ0v) is 15.2. The standard InChI is InChI=1S/C21H20N4O2/c1-13-7-6-10-16(11-13)22-18(26)12-17-21(27)23-20-19(14(2)24-25(17)20)15-8-4-3-5-9-15/h3-11,17H,12H2,1-2H3,(H,22,26)(H,23,27).